The Hall–Kier alpha value is -1.87. The van der Waals surface area contributed by atoms with Gasteiger partial charge in [-0.15, -0.1) is 0 Å². The molecule has 1 heterocycles. The van der Waals surface area contributed by atoms with Gasteiger partial charge in [-0.25, -0.2) is 0 Å². The first-order chi connectivity index (χ1) is 9.24. The lowest BCUT2D eigenvalue weighted by atomic mass is 9.91. The van der Waals surface area contributed by atoms with Gasteiger partial charge in [0.25, 0.3) is 0 Å². The highest BCUT2D eigenvalue weighted by atomic mass is 16.4. The van der Waals surface area contributed by atoms with Crippen LogP contribution in [-0.4, -0.2) is 23.7 Å². The fourth-order valence-corrected chi connectivity index (χ4v) is 2.93. The van der Waals surface area contributed by atoms with E-state index in [9.17, 15) is 9.90 Å². The highest BCUT2D eigenvalue weighted by Gasteiger charge is 2.32. The predicted molar refractivity (Wildman–Crippen MR) is 75.2 cm³/mol. The van der Waals surface area contributed by atoms with E-state index >= 15 is 0 Å². The van der Waals surface area contributed by atoms with E-state index in [0.717, 1.165) is 19.4 Å². The van der Waals surface area contributed by atoms with Crippen molar-refractivity contribution in [2.75, 3.05) is 6.54 Å². The molecule has 1 fully saturated rings. The molecular weight excluding hydrogens is 238 g/mol. The zero-order valence-electron chi connectivity index (χ0n) is 10.7. The van der Waals surface area contributed by atoms with Crippen LogP contribution in [0.2, 0.25) is 0 Å². The van der Waals surface area contributed by atoms with Crippen molar-refractivity contribution < 1.29 is 9.90 Å². The van der Waals surface area contributed by atoms with Crippen molar-refractivity contribution in [2.45, 2.75) is 18.9 Å². The lowest BCUT2D eigenvalue weighted by Gasteiger charge is -2.15. The van der Waals surface area contributed by atoms with Gasteiger partial charge < -0.3 is 10.4 Å². The van der Waals surface area contributed by atoms with Crippen LogP contribution < -0.4 is 5.32 Å². The highest BCUT2D eigenvalue weighted by molar-refractivity contribution is 5.83. The van der Waals surface area contributed by atoms with Crippen molar-refractivity contribution >= 4 is 16.7 Å². The number of aliphatic carboxylic acids is 1. The van der Waals surface area contributed by atoms with Crippen LogP contribution in [0.4, 0.5) is 0 Å². The molecule has 98 valence electrons. The topological polar surface area (TPSA) is 49.3 Å². The summed E-state index contributed by atoms with van der Waals surface area (Å²) in [5.41, 5.74) is 1.22. The molecule has 1 aliphatic rings. The van der Waals surface area contributed by atoms with E-state index in [1.54, 1.807) is 0 Å². The summed E-state index contributed by atoms with van der Waals surface area (Å²) in [7, 11) is 0. The molecule has 0 amide bonds. The third-order valence-electron chi connectivity index (χ3n) is 3.93. The maximum absolute atomic E-state index is 11.2. The maximum Gasteiger partial charge on any atom is 0.320 e. The van der Waals surface area contributed by atoms with Crippen molar-refractivity contribution in [2.24, 2.45) is 5.92 Å². The molecule has 2 aromatic rings. The van der Waals surface area contributed by atoms with Crippen LogP contribution in [0.15, 0.2) is 42.5 Å². The average Bonchev–Trinajstić information content (AvgIpc) is 2.87. The van der Waals surface area contributed by atoms with Gasteiger partial charge in [0.15, 0.2) is 0 Å². The van der Waals surface area contributed by atoms with Crippen molar-refractivity contribution in [3.8, 4) is 0 Å². The Balaban J connectivity index is 1.83. The SMILES string of the molecule is O=C(O)[C@H]1NCCC1Cc1ccc2ccccc2c1. The smallest absolute Gasteiger partial charge is 0.320 e. The van der Waals surface area contributed by atoms with Gasteiger partial charge in [-0.1, -0.05) is 42.5 Å². The third kappa shape index (κ3) is 2.47. The number of benzene rings is 2. The summed E-state index contributed by atoms with van der Waals surface area (Å²) in [6, 6.07) is 14.3. The highest BCUT2D eigenvalue weighted by Crippen LogP contribution is 2.23. The molecule has 0 radical (unpaired) electrons. The van der Waals surface area contributed by atoms with Gasteiger partial charge in [0.2, 0.25) is 0 Å². The van der Waals surface area contributed by atoms with Crippen molar-refractivity contribution in [3.05, 3.63) is 48.0 Å². The molecule has 1 unspecified atom stereocenters. The minimum absolute atomic E-state index is 0.193. The minimum Gasteiger partial charge on any atom is -0.480 e. The molecule has 0 aliphatic carbocycles. The molecule has 0 aromatic heterocycles. The Morgan fingerprint density at radius 2 is 2.00 bits per heavy atom. The van der Waals surface area contributed by atoms with E-state index in [-0.39, 0.29) is 5.92 Å². The van der Waals surface area contributed by atoms with E-state index < -0.39 is 12.0 Å². The summed E-state index contributed by atoms with van der Waals surface area (Å²) < 4.78 is 0. The largest absolute Gasteiger partial charge is 0.480 e. The first-order valence-electron chi connectivity index (χ1n) is 6.68. The Bertz CT molecular complexity index is 608. The van der Waals surface area contributed by atoms with Gasteiger partial charge in [-0.2, -0.15) is 0 Å². The molecule has 2 N–H and O–H groups in total. The maximum atomic E-state index is 11.2. The summed E-state index contributed by atoms with van der Waals surface area (Å²) in [4.78, 5) is 11.2. The number of carbonyl (C=O) groups is 1. The molecule has 1 saturated heterocycles. The third-order valence-corrected chi connectivity index (χ3v) is 3.93. The average molecular weight is 255 g/mol. The van der Waals surface area contributed by atoms with Crippen LogP contribution in [0.5, 0.6) is 0 Å². The monoisotopic (exact) mass is 255 g/mol. The fourth-order valence-electron chi connectivity index (χ4n) is 2.93. The van der Waals surface area contributed by atoms with Gasteiger partial charge in [0.1, 0.15) is 6.04 Å². The molecule has 0 saturated carbocycles. The van der Waals surface area contributed by atoms with Crippen LogP contribution in [0.3, 0.4) is 0 Å². The van der Waals surface area contributed by atoms with E-state index in [1.165, 1.54) is 16.3 Å². The van der Waals surface area contributed by atoms with Crippen molar-refractivity contribution in [1.29, 1.82) is 0 Å². The summed E-state index contributed by atoms with van der Waals surface area (Å²) in [5.74, 6) is -0.540. The number of nitrogens with one attached hydrogen (secondary N) is 1. The zero-order valence-corrected chi connectivity index (χ0v) is 10.7. The summed E-state index contributed by atoms with van der Waals surface area (Å²) >= 11 is 0. The molecule has 2 aromatic carbocycles. The van der Waals surface area contributed by atoms with Gasteiger partial charge in [-0.3, -0.25) is 4.79 Å². The number of rotatable bonds is 3. The number of carboxylic acids is 1. The standard InChI is InChI=1S/C16H17NO2/c18-16(19)15-14(7-8-17-15)10-11-5-6-12-3-1-2-4-13(12)9-11/h1-6,9,14-15,17H,7-8,10H2,(H,18,19)/t14?,15-/m0/s1. The second-order valence-corrected chi connectivity index (χ2v) is 5.20. The van der Waals surface area contributed by atoms with Gasteiger partial charge in [-0.05, 0) is 41.6 Å². The van der Waals surface area contributed by atoms with E-state index in [0.29, 0.717) is 0 Å². The second-order valence-electron chi connectivity index (χ2n) is 5.20. The summed E-state index contributed by atoms with van der Waals surface area (Å²) in [6.07, 6.45) is 1.76. The number of carboxylic acid groups (broad SMARTS) is 1. The van der Waals surface area contributed by atoms with Crippen LogP contribution in [0, 0.1) is 5.92 Å². The number of hydrogen-bond donors (Lipinski definition) is 2. The van der Waals surface area contributed by atoms with Crippen LogP contribution >= 0.6 is 0 Å². The molecule has 0 bridgehead atoms. The Morgan fingerprint density at radius 1 is 1.21 bits per heavy atom. The van der Waals surface area contributed by atoms with Crippen molar-refractivity contribution in [3.63, 3.8) is 0 Å². The van der Waals surface area contributed by atoms with Crippen LogP contribution in [-0.2, 0) is 11.2 Å². The first kappa shape index (κ1) is 12.2. The normalized spacial score (nSPS) is 22.7. The lowest BCUT2D eigenvalue weighted by molar-refractivity contribution is -0.140. The molecule has 2 atom stereocenters. The molecule has 3 rings (SSSR count). The summed E-state index contributed by atoms with van der Waals surface area (Å²) in [6.45, 7) is 0.801. The Labute approximate surface area is 112 Å². The number of fused-ring (bicyclic) bond motifs is 1. The minimum atomic E-state index is -0.733. The van der Waals surface area contributed by atoms with E-state index in [2.05, 4.69) is 35.6 Å². The van der Waals surface area contributed by atoms with Crippen LogP contribution in [0.1, 0.15) is 12.0 Å². The first-order valence-corrected chi connectivity index (χ1v) is 6.68. The van der Waals surface area contributed by atoms with Gasteiger partial charge >= 0.3 is 5.97 Å². The predicted octanol–water partition coefficient (Wildman–Crippen LogP) is 2.45. The quantitative estimate of drug-likeness (QED) is 0.885. The Morgan fingerprint density at radius 3 is 2.79 bits per heavy atom. The van der Waals surface area contributed by atoms with Crippen LogP contribution in [0.25, 0.3) is 10.8 Å². The van der Waals surface area contributed by atoms with E-state index in [4.69, 9.17) is 0 Å². The van der Waals surface area contributed by atoms with Gasteiger partial charge in [0.05, 0.1) is 0 Å². The molecule has 1 aliphatic heterocycles. The van der Waals surface area contributed by atoms with Crippen molar-refractivity contribution in [1.82, 2.24) is 5.32 Å². The second kappa shape index (κ2) is 5.02. The molecule has 19 heavy (non-hydrogen) atoms. The lowest BCUT2D eigenvalue weighted by Crippen LogP contribution is -2.36. The van der Waals surface area contributed by atoms with Gasteiger partial charge in [0, 0.05) is 0 Å². The molecule has 3 nitrogen and oxygen atoms in total. The molecular formula is C16H17NO2. The summed E-state index contributed by atoms with van der Waals surface area (Å²) in [5, 5.41) is 14.7. The number of hydrogen-bond acceptors (Lipinski definition) is 2. The molecule has 0 spiro atoms. The molecule has 3 heteroatoms. The van der Waals surface area contributed by atoms with E-state index in [1.807, 2.05) is 12.1 Å². The zero-order chi connectivity index (χ0) is 13.2. The Kier molecular flexibility index (Phi) is 3.22. The fraction of sp³-hybridized carbons (Fsp3) is 0.312.